The van der Waals surface area contributed by atoms with E-state index < -0.39 is 48.2 Å². The van der Waals surface area contributed by atoms with Crippen LogP contribution >= 0.6 is 11.6 Å². The molecule has 0 fully saturated rings. The first-order valence-corrected chi connectivity index (χ1v) is 8.35. The van der Waals surface area contributed by atoms with Crippen LogP contribution in [0.5, 0.6) is 0 Å². The average Bonchev–Trinajstić information content (AvgIpc) is 3.08. The van der Waals surface area contributed by atoms with E-state index >= 15 is 0 Å². The minimum Gasteiger partial charge on any atom is -0.370 e. The number of hydrogen-bond donors (Lipinski definition) is 4. The number of carbonyl (C=O) groups is 4. The van der Waals surface area contributed by atoms with E-state index in [0.29, 0.717) is 10.5 Å². The Balaban J connectivity index is 1.96. The number of carbonyl (C=O) groups excluding carboxylic acids is 4. The molecule has 2 aromatic rings. The number of aromatic amines is 1. The molecule has 1 aromatic heterocycles. The minimum absolute atomic E-state index is 0.0131. The lowest BCUT2D eigenvalue weighted by Gasteiger charge is -2.22. The molecule has 28 heavy (non-hydrogen) atoms. The number of halogens is 3. The number of primary amides is 1. The maximum absolute atomic E-state index is 13.7. The molecule has 0 aliphatic rings. The summed E-state index contributed by atoms with van der Waals surface area (Å²) in [5, 5.41) is 2.96. The molecule has 1 atom stereocenters. The van der Waals surface area contributed by atoms with Crippen LogP contribution in [0.4, 0.5) is 8.78 Å². The van der Waals surface area contributed by atoms with Crippen molar-refractivity contribution in [2.24, 2.45) is 5.73 Å². The molecule has 5 N–H and O–H groups in total. The molecule has 0 saturated heterocycles. The Morgan fingerprint density at radius 3 is 2.61 bits per heavy atom. The number of rotatable bonds is 7. The van der Waals surface area contributed by atoms with Crippen LogP contribution in [0, 0.1) is 5.82 Å². The van der Waals surface area contributed by atoms with Gasteiger partial charge in [-0.2, -0.15) is 0 Å². The Hall–Kier alpha value is -3.21. The molecule has 4 amide bonds. The smallest absolute Gasteiger partial charge is 0.291 e. The highest BCUT2D eigenvalue weighted by atomic mass is 35.5. The zero-order chi connectivity index (χ0) is 20.8. The van der Waals surface area contributed by atoms with Gasteiger partial charge in [0.05, 0.1) is 13.1 Å². The van der Waals surface area contributed by atoms with Crippen LogP contribution in [-0.4, -0.2) is 52.3 Å². The molecule has 150 valence electrons. The summed E-state index contributed by atoms with van der Waals surface area (Å²) in [4.78, 5) is 49.1. The van der Waals surface area contributed by atoms with Crippen LogP contribution in [0.3, 0.4) is 0 Å². The Labute approximate surface area is 162 Å². The fourth-order valence-electron chi connectivity index (χ4n) is 2.25. The van der Waals surface area contributed by atoms with Gasteiger partial charge in [-0.1, -0.05) is 17.7 Å². The quantitative estimate of drug-likeness (QED) is 0.382. The second kappa shape index (κ2) is 9.13. The van der Waals surface area contributed by atoms with Crippen molar-refractivity contribution in [1.82, 2.24) is 20.7 Å². The summed E-state index contributed by atoms with van der Waals surface area (Å²) in [5.74, 6) is -4.19. The Morgan fingerprint density at radius 2 is 2.00 bits per heavy atom. The van der Waals surface area contributed by atoms with E-state index in [-0.39, 0.29) is 17.5 Å². The van der Waals surface area contributed by atoms with Gasteiger partial charge in [-0.05, 0) is 18.2 Å². The van der Waals surface area contributed by atoms with Crippen LogP contribution in [0.1, 0.15) is 16.9 Å². The van der Waals surface area contributed by atoms with Crippen LogP contribution in [-0.2, 0) is 14.4 Å². The Kier molecular flexibility index (Phi) is 6.88. The summed E-state index contributed by atoms with van der Waals surface area (Å²) >= 11 is 5.05. The highest BCUT2D eigenvalue weighted by Gasteiger charge is 2.24. The lowest BCUT2D eigenvalue weighted by Crippen LogP contribution is -2.52. The van der Waals surface area contributed by atoms with Crippen molar-refractivity contribution in [3.63, 3.8) is 0 Å². The van der Waals surface area contributed by atoms with Crippen molar-refractivity contribution >= 4 is 46.1 Å². The number of nitrogens with one attached hydrogen (secondary N) is 3. The number of benzene rings is 1. The molecule has 1 heterocycles. The SMILES string of the molecule is NC(=O)CCN(NC(=O)CNC(=O)c1cc2c(F)cccc2[nH]1)C(=O)C(F)Cl. The first-order chi connectivity index (χ1) is 13.2. The summed E-state index contributed by atoms with van der Waals surface area (Å²) in [7, 11) is 0. The molecule has 0 saturated carbocycles. The van der Waals surface area contributed by atoms with Gasteiger partial charge < -0.3 is 16.0 Å². The number of alkyl halides is 2. The van der Waals surface area contributed by atoms with E-state index in [2.05, 4.69) is 10.3 Å². The number of nitrogens with zero attached hydrogens (tertiary/aromatic N) is 1. The summed E-state index contributed by atoms with van der Waals surface area (Å²) in [6.45, 7) is -0.988. The van der Waals surface area contributed by atoms with Crippen LogP contribution in [0.2, 0.25) is 0 Å². The number of aromatic nitrogens is 1. The van der Waals surface area contributed by atoms with Crippen LogP contribution in [0.25, 0.3) is 10.9 Å². The first-order valence-electron chi connectivity index (χ1n) is 7.91. The molecule has 0 aliphatic carbocycles. The first kappa shape index (κ1) is 21.1. The number of amides is 4. The van der Waals surface area contributed by atoms with Crippen molar-refractivity contribution in [3.05, 3.63) is 35.8 Å². The summed E-state index contributed by atoms with van der Waals surface area (Å²) in [6.07, 6.45) is -0.345. The molecule has 1 aromatic carbocycles. The fourth-order valence-corrected chi connectivity index (χ4v) is 2.37. The standard InChI is InChI=1S/C16H16ClF2N5O4/c17-14(19)16(28)24(5-4-12(20)25)23-13(26)7-21-15(27)11-6-8-9(18)2-1-3-10(8)22-11/h1-3,6,14,22H,4-5,7H2,(H2,20,25)(H,21,27)(H,23,26). The van der Waals surface area contributed by atoms with E-state index in [1.165, 1.54) is 18.2 Å². The van der Waals surface area contributed by atoms with Gasteiger partial charge in [-0.25, -0.2) is 13.8 Å². The maximum atomic E-state index is 13.7. The molecule has 0 radical (unpaired) electrons. The van der Waals surface area contributed by atoms with Gasteiger partial charge in [-0.3, -0.25) is 24.6 Å². The zero-order valence-electron chi connectivity index (χ0n) is 14.3. The van der Waals surface area contributed by atoms with Crippen molar-refractivity contribution in [3.8, 4) is 0 Å². The monoisotopic (exact) mass is 415 g/mol. The average molecular weight is 416 g/mol. The summed E-state index contributed by atoms with van der Waals surface area (Å²) in [5.41, 5.74) is 4.94. The van der Waals surface area contributed by atoms with Crippen molar-refractivity contribution in [1.29, 1.82) is 0 Å². The molecule has 1 unspecified atom stereocenters. The number of hydrazine groups is 1. The summed E-state index contributed by atoms with van der Waals surface area (Å²) < 4.78 is 26.7. The third kappa shape index (κ3) is 5.39. The number of hydrogen-bond acceptors (Lipinski definition) is 4. The zero-order valence-corrected chi connectivity index (χ0v) is 15.1. The van der Waals surface area contributed by atoms with Gasteiger partial charge >= 0.3 is 0 Å². The van der Waals surface area contributed by atoms with Gasteiger partial charge in [0.25, 0.3) is 23.4 Å². The van der Waals surface area contributed by atoms with Crippen LogP contribution in [0.15, 0.2) is 24.3 Å². The highest BCUT2D eigenvalue weighted by molar-refractivity contribution is 6.29. The molecular weight excluding hydrogens is 400 g/mol. The number of nitrogens with two attached hydrogens (primary N) is 1. The molecule has 0 bridgehead atoms. The van der Waals surface area contributed by atoms with Crippen molar-refractivity contribution < 1.29 is 28.0 Å². The second-order valence-corrected chi connectivity index (χ2v) is 5.99. The largest absolute Gasteiger partial charge is 0.370 e. The molecule has 2 rings (SSSR count). The Morgan fingerprint density at radius 1 is 1.29 bits per heavy atom. The number of fused-ring (bicyclic) bond motifs is 1. The third-order valence-corrected chi connectivity index (χ3v) is 3.75. The van der Waals surface area contributed by atoms with E-state index in [1.807, 2.05) is 5.43 Å². The van der Waals surface area contributed by atoms with E-state index in [9.17, 15) is 28.0 Å². The lowest BCUT2D eigenvalue weighted by atomic mass is 10.2. The van der Waals surface area contributed by atoms with Crippen molar-refractivity contribution in [2.45, 2.75) is 12.1 Å². The van der Waals surface area contributed by atoms with Gasteiger partial charge in [0.1, 0.15) is 11.5 Å². The predicted molar refractivity (Wildman–Crippen MR) is 95.0 cm³/mol. The molecule has 0 spiro atoms. The second-order valence-electron chi connectivity index (χ2n) is 5.61. The van der Waals surface area contributed by atoms with E-state index in [4.69, 9.17) is 17.3 Å². The molecular formula is C16H16ClF2N5O4. The highest BCUT2D eigenvalue weighted by Crippen LogP contribution is 2.18. The molecule has 12 heteroatoms. The Bertz CT molecular complexity index is 918. The van der Waals surface area contributed by atoms with E-state index in [0.717, 1.165) is 0 Å². The van der Waals surface area contributed by atoms with Gasteiger partial charge in [0, 0.05) is 17.3 Å². The topological polar surface area (TPSA) is 137 Å². The molecule has 0 aliphatic heterocycles. The third-order valence-electron chi connectivity index (χ3n) is 3.56. The maximum Gasteiger partial charge on any atom is 0.291 e. The minimum atomic E-state index is -2.44. The molecule has 9 nitrogen and oxygen atoms in total. The number of H-pyrrole nitrogens is 1. The van der Waals surface area contributed by atoms with Gasteiger partial charge in [0.15, 0.2) is 0 Å². The fraction of sp³-hybridized carbons (Fsp3) is 0.250. The van der Waals surface area contributed by atoms with Crippen LogP contribution < -0.4 is 16.5 Å². The normalized spacial score (nSPS) is 11.7. The summed E-state index contributed by atoms with van der Waals surface area (Å²) in [6, 6.07) is 5.55. The predicted octanol–water partition coefficient (Wildman–Crippen LogP) is 0.306. The lowest BCUT2D eigenvalue weighted by molar-refractivity contribution is -0.143. The van der Waals surface area contributed by atoms with Crippen molar-refractivity contribution in [2.75, 3.05) is 13.1 Å². The van der Waals surface area contributed by atoms with Gasteiger partial charge in [0.2, 0.25) is 5.91 Å². The van der Waals surface area contributed by atoms with E-state index in [1.54, 1.807) is 6.07 Å². The van der Waals surface area contributed by atoms with Gasteiger partial charge in [-0.15, -0.1) is 0 Å².